The minimum absolute atomic E-state index is 0.415. The van der Waals surface area contributed by atoms with Gasteiger partial charge >= 0.3 is 0 Å². The summed E-state index contributed by atoms with van der Waals surface area (Å²) in [6, 6.07) is 0.475. The minimum Gasteiger partial charge on any atom is -0.309 e. The van der Waals surface area contributed by atoms with Gasteiger partial charge in [-0.05, 0) is 26.7 Å². The summed E-state index contributed by atoms with van der Waals surface area (Å²) in [5, 5.41) is 7.22. The largest absolute Gasteiger partial charge is 0.309 e. The Hall–Kier alpha value is -0.450. The molecular formula is C14H23N3S. The third-order valence-electron chi connectivity index (χ3n) is 4.51. The predicted octanol–water partition coefficient (Wildman–Crippen LogP) is 2.73. The van der Waals surface area contributed by atoms with Gasteiger partial charge < -0.3 is 5.32 Å². The fourth-order valence-corrected chi connectivity index (χ4v) is 4.31. The van der Waals surface area contributed by atoms with E-state index < -0.39 is 0 Å². The highest BCUT2D eigenvalue weighted by Crippen LogP contribution is 2.35. The van der Waals surface area contributed by atoms with Gasteiger partial charge in [0.1, 0.15) is 5.01 Å². The van der Waals surface area contributed by atoms with E-state index in [-0.39, 0.29) is 0 Å². The third-order valence-corrected chi connectivity index (χ3v) is 5.64. The summed E-state index contributed by atoms with van der Waals surface area (Å²) in [6.45, 7) is 7.89. The summed E-state index contributed by atoms with van der Waals surface area (Å²) in [5.74, 6) is 0. The molecule has 18 heavy (non-hydrogen) atoms. The molecule has 1 saturated heterocycles. The Bertz CT molecular complexity index is 409. The monoisotopic (exact) mass is 265 g/mol. The minimum atomic E-state index is 0.415. The summed E-state index contributed by atoms with van der Waals surface area (Å²) in [4.78, 5) is 7.28. The Morgan fingerprint density at radius 3 is 2.89 bits per heavy atom. The molecule has 1 aliphatic heterocycles. The van der Waals surface area contributed by atoms with Crippen LogP contribution in [0, 0.1) is 6.92 Å². The summed E-state index contributed by atoms with van der Waals surface area (Å²) in [6.07, 6.45) is 5.50. The van der Waals surface area contributed by atoms with Gasteiger partial charge in [-0.1, -0.05) is 12.8 Å². The van der Waals surface area contributed by atoms with E-state index in [1.165, 1.54) is 37.2 Å². The van der Waals surface area contributed by atoms with Crippen LogP contribution in [-0.2, 0) is 0 Å². The molecule has 1 aliphatic carbocycles. The number of aryl methyl sites for hydroxylation is 1. The molecule has 1 spiro atoms. The van der Waals surface area contributed by atoms with Gasteiger partial charge in [0.05, 0.1) is 6.04 Å². The Balaban J connectivity index is 1.72. The van der Waals surface area contributed by atoms with E-state index in [1.54, 1.807) is 0 Å². The van der Waals surface area contributed by atoms with Crippen LogP contribution in [0.5, 0.6) is 0 Å². The predicted molar refractivity (Wildman–Crippen MR) is 76.0 cm³/mol. The molecule has 0 radical (unpaired) electrons. The molecule has 1 unspecified atom stereocenters. The van der Waals surface area contributed by atoms with Crippen LogP contribution in [0.25, 0.3) is 0 Å². The Labute approximate surface area is 114 Å². The van der Waals surface area contributed by atoms with E-state index in [0.717, 1.165) is 18.8 Å². The summed E-state index contributed by atoms with van der Waals surface area (Å²) < 4.78 is 0. The Morgan fingerprint density at radius 1 is 1.44 bits per heavy atom. The van der Waals surface area contributed by atoms with Crippen LogP contribution in [0.4, 0.5) is 0 Å². The first kappa shape index (κ1) is 12.6. The maximum absolute atomic E-state index is 4.66. The number of nitrogens with one attached hydrogen (secondary N) is 1. The summed E-state index contributed by atoms with van der Waals surface area (Å²) >= 11 is 1.81. The molecule has 0 aromatic carbocycles. The number of hydrogen-bond acceptors (Lipinski definition) is 4. The van der Waals surface area contributed by atoms with E-state index in [4.69, 9.17) is 0 Å². The zero-order valence-corrected chi connectivity index (χ0v) is 12.2. The smallest absolute Gasteiger partial charge is 0.110 e. The van der Waals surface area contributed by atoms with E-state index in [2.05, 4.69) is 34.4 Å². The van der Waals surface area contributed by atoms with Gasteiger partial charge in [-0.25, -0.2) is 4.98 Å². The molecule has 3 nitrogen and oxygen atoms in total. The van der Waals surface area contributed by atoms with Crippen molar-refractivity contribution in [2.24, 2.45) is 0 Å². The molecule has 4 heteroatoms. The van der Waals surface area contributed by atoms with Gasteiger partial charge in [0.15, 0.2) is 0 Å². The highest BCUT2D eigenvalue weighted by molar-refractivity contribution is 7.09. The van der Waals surface area contributed by atoms with Gasteiger partial charge in [0, 0.05) is 36.2 Å². The second-order valence-electron chi connectivity index (χ2n) is 5.89. The van der Waals surface area contributed by atoms with Crippen LogP contribution in [0.15, 0.2) is 5.38 Å². The maximum atomic E-state index is 4.66. The molecule has 2 heterocycles. The van der Waals surface area contributed by atoms with Crippen molar-refractivity contribution in [3.05, 3.63) is 16.1 Å². The molecule has 0 amide bonds. The average Bonchev–Trinajstić information content (AvgIpc) is 2.98. The number of rotatable bonds is 2. The van der Waals surface area contributed by atoms with Crippen molar-refractivity contribution >= 4 is 11.3 Å². The van der Waals surface area contributed by atoms with Gasteiger partial charge in [-0.3, -0.25) is 4.90 Å². The first-order valence-corrected chi connectivity index (χ1v) is 7.98. The lowest BCUT2D eigenvalue weighted by molar-refractivity contribution is 0.100. The number of thiazole rings is 1. The van der Waals surface area contributed by atoms with E-state index in [9.17, 15) is 0 Å². The van der Waals surface area contributed by atoms with Gasteiger partial charge in [0.25, 0.3) is 0 Å². The summed E-state index contributed by atoms with van der Waals surface area (Å²) in [7, 11) is 0. The van der Waals surface area contributed by atoms with Crippen molar-refractivity contribution in [3.63, 3.8) is 0 Å². The lowest BCUT2D eigenvalue weighted by Gasteiger charge is -2.43. The average molecular weight is 265 g/mol. The molecule has 100 valence electrons. The molecule has 1 aromatic heterocycles. The standard InChI is InChI=1S/C14H23N3S/c1-11-9-18-13(16-11)12(2)17-8-7-15-14(10-17)5-3-4-6-14/h9,12,15H,3-8,10H2,1-2H3. The topological polar surface area (TPSA) is 28.2 Å². The molecule has 1 atom stereocenters. The van der Waals surface area contributed by atoms with Gasteiger partial charge in [0.2, 0.25) is 0 Å². The Morgan fingerprint density at radius 2 is 2.22 bits per heavy atom. The second kappa shape index (κ2) is 4.91. The Kier molecular flexibility index (Phi) is 3.43. The van der Waals surface area contributed by atoms with Crippen LogP contribution in [-0.4, -0.2) is 35.1 Å². The van der Waals surface area contributed by atoms with Crippen molar-refractivity contribution in [2.45, 2.75) is 51.1 Å². The van der Waals surface area contributed by atoms with Crippen molar-refractivity contribution in [1.29, 1.82) is 0 Å². The van der Waals surface area contributed by atoms with Crippen molar-refractivity contribution in [3.8, 4) is 0 Å². The van der Waals surface area contributed by atoms with Crippen molar-refractivity contribution in [1.82, 2.24) is 15.2 Å². The van der Waals surface area contributed by atoms with Gasteiger partial charge in [-0.15, -0.1) is 11.3 Å². The highest BCUT2D eigenvalue weighted by atomic mass is 32.1. The normalized spacial score (nSPS) is 25.7. The van der Waals surface area contributed by atoms with Crippen LogP contribution < -0.4 is 5.32 Å². The number of hydrogen-bond donors (Lipinski definition) is 1. The first-order chi connectivity index (χ1) is 8.69. The number of piperazine rings is 1. The fourth-order valence-electron chi connectivity index (χ4n) is 3.43. The summed E-state index contributed by atoms with van der Waals surface area (Å²) in [5.41, 5.74) is 1.58. The lowest BCUT2D eigenvalue weighted by Crippen LogP contribution is -2.59. The van der Waals surface area contributed by atoms with Crippen LogP contribution in [0.2, 0.25) is 0 Å². The van der Waals surface area contributed by atoms with E-state index in [0.29, 0.717) is 11.6 Å². The van der Waals surface area contributed by atoms with Crippen LogP contribution in [0.1, 0.15) is 49.4 Å². The highest BCUT2D eigenvalue weighted by Gasteiger charge is 2.39. The zero-order chi connectivity index (χ0) is 12.6. The zero-order valence-electron chi connectivity index (χ0n) is 11.4. The second-order valence-corrected chi connectivity index (χ2v) is 6.78. The molecule has 2 fully saturated rings. The molecule has 1 saturated carbocycles. The molecule has 2 aliphatic rings. The molecule has 1 aromatic rings. The van der Waals surface area contributed by atoms with Crippen molar-refractivity contribution in [2.75, 3.05) is 19.6 Å². The molecule has 1 N–H and O–H groups in total. The van der Waals surface area contributed by atoms with E-state index in [1.807, 2.05) is 11.3 Å². The SMILES string of the molecule is Cc1csc(C(C)N2CCNC3(CCCC3)C2)n1. The lowest BCUT2D eigenvalue weighted by atomic mass is 9.94. The van der Waals surface area contributed by atoms with Crippen LogP contribution in [0.3, 0.4) is 0 Å². The number of aromatic nitrogens is 1. The fraction of sp³-hybridized carbons (Fsp3) is 0.786. The van der Waals surface area contributed by atoms with Gasteiger partial charge in [-0.2, -0.15) is 0 Å². The van der Waals surface area contributed by atoms with E-state index >= 15 is 0 Å². The first-order valence-electron chi connectivity index (χ1n) is 7.10. The third kappa shape index (κ3) is 2.33. The van der Waals surface area contributed by atoms with Crippen molar-refractivity contribution < 1.29 is 0 Å². The number of nitrogens with zero attached hydrogens (tertiary/aromatic N) is 2. The van der Waals surface area contributed by atoms with Crippen LogP contribution >= 0.6 is 11.3 Å². The quantitative estimate of drug-likeness (QED) is 0.891. The molecule has 3 rings (SSSR count). The molecular weight excluding hydrogens is 242 g/mol. The maximum Gasteiger partial charge on any atom is 0.110 e. The molecule has 0 bridgehead atoms.